The fourth-order valence-corrected chi connectivity index (χ4v) is 5.13. The van der Waals surface area contributed by atoms with Crippen molar-refractivity contribution < 1.29 is 8.42 Å². The Balaban J connectivity index is 1.69. The highest BCUT2D eigenvalue weighted by atomic mass is 35.5. The van der Waals surface area contributed by atoms with Gasteiger partial charge in [-0.2, -0.15) is 5.10 Å². The molecule has 0 unspecified atom stereocenters. The minimum atomic E-state index is -3.84. The van der Waals surface area contributed by atoms with Crippen LogP contribution in [0, 0.1) is 0 Å². The van der Waals surface area contributed by atoms with E-state index in [9.17, 15) is 8.42 Å². The van der Waals surface area contributed by atoms with Gasteiger partial charge >= 0.3 is 0 Å². The van der Waals surface area contributed by atoms with Gasteiger partial charge in [-0.3, -0.25) is 9.40 Å². The van der Waals surface area contributed by atoms with Gasteiger partial charge in [0.1, 0.15) is 5.65 Å². The van der Waals surface area contributed by atoms with E-state index in [0.717, 1.165) is 27.4 Å². The molecule has 156 valence electrons. The number of aryl methyl sites for hydroxylation is 2. The van der Waals surface area contributed by atoms with Crippen LogP contribution in [0.3, 0.4) is 0 Å². The molecule has 0 saturated heterocycles. The summed E-state index contributed by atoms with van der Waals surface area (Å²) in [4.78, 5) is 4.56. The highest BCUT2D eigenvalue weighted by molar-refractivity contribution is 7.92. The molecule has 0 aliphatic rings. The second kappa shape index (κ2) is 7.11. The van der Waals surface area contributed by atoms with Gasteiger partial charge in [-0.05, 0) is 35.9 Å². The summed E-state index contributed by atoms with van der Waals surface area (Å²) in [5, 5.41) is 6.41. The average Bonchev–Trinajstić information content (AvgIpc) is 3.28. The second-order valence-electron chi connectivity index (χ2n) is 7.32. The largest absolute Gasteiger partial charge is 0.335 e. The molecule has 0 atom stereocenters. The molecule has 3 aromatic heterocycles. The molecule has 3 heterocycles. The number of nitrogens with one attached hydrogen (secondary N) is 1. The van der Waals surface area contributed by atoms with Crippen LogP contribution in [0.1, 0.15) is 0 Å². The zero-order chi connectivity index (χ0) is 21.8. The zero-order valence-corrected chi connectivity index (χ0v) is 18.3. The predicted octanol–water partition coefficient (Wildman–Crippen LogP) is 4.58. The van der Waals surface area contributed by atoms with E-state index >= 15 is 0 Å². The molecule has 0 bridgehead atoms. The van der Waals surface area contributed by atoms with E-state index in [2.05, 4.69) is 14.8 Å². The number of hydrogen-bond donors (Lipinski definition) is 1. The quantitative estimate of drug-likeness (QED) is 0.433. The number of sulfonamides is 1. The number of pyridine rings is 1. The van der Waals surface area contributed by atoms with Crippen LogP contribution in [-0.2, 0) is 24.1 Å². The lowest BCUT2D eigenvalue weighted by Crippen LogP contribution is -2.13. The third-order valence-electron chi connectivity index (χ3n) is 5.27. The summed E-state index contributed by atoms with van der Waals surface area (Å²) in [7, 11) is -0.0592. The monoisotopic (exact) mass is 451 g/mol. The Kier molecular flexibility index (Phi) is 4.49. The normalized spacial score (nSPS) is 12.0. The first kappa shape index (κ1) is 19.6. The zero-order valence-electron chi connectivity index (χ0n) is 16.7. The van der Waals surface area contributed by atoms with Crippen LogP contribution in [-0.4, -0.2) is 27.7 Å². The Labute approximate surface area is 183 Å². The van der Waals surface area contributed by atoms with Crippen LogP contribution in [0.25, 0.3) is 33.1 Å². The van der Waals surface area contributed by atoms with Crippen LogP contribution in [0.5, 0.6) is 0 Å². The number of halogens is 1. The summed E-state index contributed by atoms with van der Waals surface area (Å²) < 4.78 is 32.5. The minimum absolute atomic E-state index is 0.0961. The highest BCUT2D eigenvalue weighted by Gasteiger charge is 2.20. The van der Waals surface area contributed by atoms with E-state index < -0.39 is 10.0 Å². The van der Waals surface area contributed by atoms with Gasteiger partial charge in [0.2, 0.25) is 0 Å². The third kappa shape index (κ3) is 3.34. The van der Waals surface area contributed by atoms with Crippen LogP contribution in [0.4, 0.5) is 5.69 Å². The maximum Gasteiger partial charge on any atom is 0.261 e. The van der Waals surface area contributed by atoms with E-state index in [4.69, 9.17) is 11.6 Å². The van der Waals surface area contributed by atoms with Crippen LogP contribution in [0.2, 0.25) is 5.02 Å². The van der Waals surface area contributed by atoms with Crippen molar-refractivity contribution in [2.24, 2.45) is 14.1 Å². The SMILES string of the molecule is Cn1cc(-c2ccc3cnn(C)c3c2)c2c(NS(=O)(=O)c3cccc(Cl)c3)ccnc21. The van der Waals surface area contributed by atoms with E-state index in [0.29, 0.717) is 16.4 Å². The van der Waals surface area contributed by atoms with Gasteiger partial charge in [-0.1, -0.05) is 29.8 Å². The molecule has 0 amide bonds. The molecule has 2 aromatic carbocycles. The number of anilines is 1. The van der Waals surface area contributed by atoms with Gasteiger partial charge in [-0.25, -0.2) is 13.4 Å². The minimum Gasteiger partial charge on any atom is -0.335 e. The van der Waals surface area contributed by atoms with Gasteiger partial charge < -0.3 is 4.57 Å². The smallest absolute Gasteiger partial charge is 0.261 e. The summed E-state index contributed by atoms with van der Waals surface area (Å²) in [6, 6.07) is 13.9. The Morgan fingerprint density at radius 2 is 1.90 bits per heavy atom. The van der Waals surface area contributed by atoms with Crippen molar-refractivity contribution >= 4 is 49.2 Å². The Morgan fingerprint density at radius 3 is 2.71 bits per heavy atom. The summed E-state index contributed by atoms with van der Waals surface area (Å²) in [5.41, 5.74) is 3.92. The van der Waals surface area contributed by atoms with Gasteiger partial charge in [0, 0.05) is 42.5 Å². The van der Waals surface area contributed by atoms with Crippen molar-refractivity contribution in [1.82, 2.24) is 19.3 Å². The number of hydrogen-bond acceptors (Lipinski definition) is 4. The molecule has 0 fully saturated rings. The molecule has 1 N–H and O–H groups in total. The van der Waals surface area contributed by atoms with Crippen molar-refractivity contribution in [2.45, 2.75) is 4.90 Å². The predicted molar refractivity (Wildman–Crippen MR) is 123 cm³/mol. The van der Waals surface area contributed by atoms with Crippen molar-refractivity contribution in [2.75, 3.05) is 4.72 Å². The summed E-state index contributed by atoms with van der Waals surface area (Å²) >= 11 is 6.00. The summed E-state index contributed by atoms with van der Waals surface area (Å²) in [6.07, 6.45) is 5.35. The molecule has 5 rings (SSSR count). The number of fused-ring (bicyclic) bond motifs is 2. The molecule has 0 spiro atoms. The van der Waals surface area contributed by atoms with Crippen LogP contribution >= 0.6 is 11.6 Å². The molecule has 7 nitrogen and oxygen atoms in total. The molecule has 0 radical (unpaired) electrons. The third-order valence-corrected chi connectivity index (χ3v) is 6.87. The maximum absolute atomic E-state index is 13.0. The van der Waals surface area contributed by atoms with E-state index in [1.165, 1.54) is 12.1 Å². The molecular weight excluding hydrogens is 434 g/mol. The van der Waals surface area contributed by atoms with Crippen LogP contribution in [0.15, 0.2) is 72.0 Å². The lowest BCUT2D eigenvalue weighted by Gasteiger charge is -2.11. The lowest BCUT2D eigenvalue weighted by molar-refractivity contribution is 0.601. The highest BCUT2D eigenvalue weighted by Crippen LogP contribution is 2.36. The fraction of sp³-hybridized carbons (Fsp3) is 0.0909. The Hall–Kier alpha value is -3.36. The first-order valence-electron chi connectivity index (χ1n) is 9.48. The van der Waals surface area contributed by atoms with Gasteiger partial charge in [0.15, 0.2) is 0 Å². The molecule has 5 aromatic rings. The summed E-state index contributed by atoms with van der Waals surface area (Å²) in [5.74, 6) is 0. The van der Waals surface area contributed by atoms with E-state index in [1.807, 2.05) is 53.9 Å². The van der Waals surface area contributed by atoms with Gasteiger partial charge in [-0.15, -0.1) is 0 Å². The number of rotatable bonds is 4. The van der Waals surface area contributed by atoms with Crippen molar-refractivity contribution in [3.05, 3.63) is 72.1 Å². The number of benzene rings is 2. The van der Waals surface area contributed by atoms with Gasteiger partial charge in [0.05, 0.1) is 27.7 Å². The van der Waals surface area contributed by atoms with Gasteiger partial charge in [0.25, 0.3) is 10.0 Å². The number of aromatic nitrogens is 4. The standard InChI is InChI=1S/C22H18ClN5O2S/c1-27-13-18(14-6-7-15-12-25-28(2)20(15)10-14)21-19(8-9-24-22(21)27)26-31(29,30)17-5-3-4-16(23)11-17/h3-13H,1-2H3,(H,24,26). The fourth-order valence-electron chi connectivity index (χ4n) is 3.76. The molecular formula is C22H18ClN5O2S. The van der Waals surface area contributed by atoms with Crippen molar-refractivity contribution in [3.63, 3.8) is 0 Å². The first-order chi connectivity index (χ1) is 14.8. The second-order valence-corrected chi connectivity index (χ2v) is 9.43. The molecule has 31 heavy (non-hydrogen) atoms. The molecule has 0 aliphatic carbocycles. The topological polar surface area (TPSA) is 81.8 Å². The number of nitrogens with zero attached hydrogens (tertiary/aromatic N) is 4. The lowest BCUT2D eigenvalue weighted by atomic mass is 10.0. The van der Waals surface area contributed by atoms with Crippen molar-refractivity contribution in [1.29, 1.82) is 0 Å². The first-order valence-corrected chi connectivity index (χ1v) is 11.3. The summed E-state index contributed by atoms with van der Waals surface area (Å²) in [6.45, 7) is 0. The Morgan fingerprint density at radius 1 is 1.06 bits per heavy atom. The molecule has 9 heteroatoms. The Bertz CT molecular complexity index is 1570. The van der Waals surface area contributed by atoms with E-state index in [-0.39, 0.29) is 4.90 Å². The van der Waals surface area contributed by atoms with E-state index in [1.54, 1.807) is 24.4 Å². The average molecular weight is 452 g/mol. The molecule has 0 aliphatic heterocycles. The molecule has 0 saturated carbocycles. The van der Waals surface area contributed by atoms with Crippen LogP contribution < -0.4 is 4.72 Å². The van der Waals surface area contributed by atoms with Crippen molar-refractivity contribution in [3.8, 4) is 11.1 Å². The maximum atomic E-state index is 13.0.